The predicted molar refractivity (Wildman–Crippen MR) is 78.2 cm³/mol. The van der Waals surface area contributed by atoms with E-state index in [0.717, 1.165) is 6.92 Å². The summed E-state index contributed by atoms with van der Waals surface area (Å²) in [5, 5.41) is 68.3. The molecule has 7 N–H and O–H groups in total. The minimum Gasteiger partial charge on any atom is -0.454 e. The van der Waals surface area contributed by atoms with Crippen molar-refractivity contribution in [3.8, 4) is 0 Å². The Morgan fingerprint density at radius 2 is 1.46 bits per heavy atom. The minimum atomic E-state index is -1.75. The van der Waals surface area contributed by atoms with Gasteiger partial charge in [-0.15, -0.1) is 0 Å². The molecule has 0 aromatic carbocycles. The largest absolute Gasteiger partial charge is 0.454 e. The predicted octanol–water partition coefficient (Wildman–Crippen LogP) is -4.83. The highest BCUT2D eigenvalue weighted by Crippen LogP contribution is 2.29. The lowest BCUT2D eigenvalue weighted by Crippen LogP contribution is -2.64. The number of aliphatic hydroxyl groups is 7. The first-order valence-corrected chi connectivity index (χ1v) is 7.96. The average molecular weight is 384 g/mol. The van der Waals surface area contributed by atoms with E-state index in [1.807, 2.05) is 0 Å². The van der Waals surface area contributed by atoms with Gasteiger partial charge in [-0.2, -0.15) is 0 Å². The Morgan fingerprint density at radius 3 is 2.00 bits per heavy atom. The molecule has 12 nitrogen and oxygen atoms in total. The second-order valence-corrected chi connectivity index (χ2v) is 6.11. The van der Waals surface area contributed by atoms with Crippen molar-refractivity contribution in [1.29, 1.82) is 0 Å². The summed E-state index contributed by atoms with van der Waals surface area (Å²) in [5.74, 6) is -0.814. The number of hydrogen-bond acceptors (Lipinski definition) is 12. The maximum absolute atomic E-state index is 11.1. The molecule has 2 fully saturated rings. The first-order chi connectivity index (χ1) is 12.2. The van der Waals surface area contributed by atoms with Crippen LogP contribution in [-0.4, -0.2) is 116 Å². The summed E-state index contributed by atoms with van der Waals surface area (Å²) < 4.78 is 20.4. The van der Waals surface area contributed by atoms with Crippen molar-refractivity contribution >= 4 is 5.97 Å². The second-order valence-electron chi connectivity index (χ2n) is 6.11. The van der Waals surface area contributed by atoms with Crippen LogP contribution in [0.5, 0.6) is 0 Å². The van der Waals surface area contributed by atoms with E-state index in [-0.39, 0.29) is 0 Å². The fraction of sp³-hybridized carbons (Fsp3) is 0.929. The van der Waals surface area contributed by atoms with Crippen LogP contribution in [0.2, 0.25) is 0 Å². The summed E-state index contributed by atoms with van der Waals surface area (Å²) in [7, 11) is 0. The van der Waals surface area contributed by atoms with Crippen LogP contribution < -0.4 is 0 Å². The van der Waals surface area contributed by atoms with Gasteiger partial charge in [0.25, 0.3) is 0 Å². The van der Waals surface area contributed by atoms with Crippen molar-refractivity contribution in [2.75, 3.05) is 13.2 Å². The molecule has 0 aliphatic carbocycles. The first-order valence-electron chi connectivity index (χ1n) is 7.96. The molecule has 0 radical (unpaired) electrons. The zero-order valence-corrected chi connectivity index (χ0v) is 13.9. The number of esters is 1. The van der Waals surface area contributed by atoms with E-state index in [1.165, 1.54) is 0 Å². The highest BCUT2D eigenvalue weighted by Gasteiger charge is 2.51. The minimum absolute atomic E-state index is 0.688. The van der Waals surface area contributed by atoms with Gasteiger partial charge in [-0.1, -0.05) is 0 Å². The molecule has 12 heteroatoms. The SMILES string of the molecule is CC(=O)O[C@H]1C(O)O[C@H](CO)[C@@H](O[C@H]2O[C@H](CO)[C@@H](O)[C@H](O)[C@H]2O)[C@@H]1O. The maximum atomic E-state index is 11.1. The fourth-order valence-electron chi connectivity index (χ4n) is 2.88. The Morgan fingerprint density at radius 1 is 0.846 bits per heavy atom. The van der Waals surface area contributed by atoms with Crippen LogP contribution in [0.3, 0.4) is 0 Å². The van der Waals surface area contributed by atoms with Gasteiger partial charge in [0, 0.05) is 6.92 Å². The Bertz CT molecular complexity index is 473. The molecular weight excluding hydrogens is 360 g/mol. The van der Waals surface area contributed by atoms with Gasteiger partial charge >= 0.3 is 5.97 Å². The molecule has 10 atom stereocenters. The number of carbonyl (C=O) groups is 1. The number of aliphatic hydroxyl groups excluding tert-OH is 7. The van der Waals surface area contributed by atoms with Crippen LogP contribution in [-0.2, 0) is 23.7 Å². The summed E-state index contributed by atoms with van der Waals surface area (Å²) in [6.45, 7) is -0.346. The van der Waals surface area contributed by atoms with Crippen molar-refractivity contribution in [2.24, 2.45) is 0 Å². The molecule has 2 aliphatic rings. The van der Waals surface area contributed by atoms with Gasteiger partial charge in [0.15, 0.2) is 18.7 Å². The Kier molecular flexibility index (Phi) is 7.27. The van der Waals surface area contributed by atoms with Crippen LogP contribution in [0.1, 0.15) is 6.92 Å². The van der Waals surface area contributed by atoms with Crippen LogP contribution >= 0.6 is 0 Å². The summed E-state index contributed by atoms with van der Waals surface area (Å²) in [4.78, 5) is 11.1. The zero-order chi connectivity index (χ0) is 19.6. The molecular formula is C14H24O12. The summed E-state index contributed by atoms with van der Waals surface area (Å²) in [6.07, 6.45) is -15.6. The fourth-order valence-corrected chi connectivity index (χ4v) is 2.88. The van der Waals surface area contributed by atoms with E-state index >= 15 is 0 Å². The quantitative estimate of drug-likeness (QED) is 0.224. The third-order valence-corrected chi connectivity index (χ3v) is 4.26. The van der Waals surface area contributed by atoms with E-state index in [4.69, 9.17) is 18.9 Å². The van der Waals surface area contributed by atoms with Crippen LogP contribution in [0, 0.1) is 0 Å². The first kappa shape index (κ1) is 21.4. The zero-order valence-electron chi connectivity index (χ0n) is 13.9. The molecule has 0 bridgehead atoms. The molecule has 2 aliphatic heterocycles. The molecule has 0 saturated carbocycles. The topological polar surface area (TPSA) is 196 Å². The summed E-state index contributed by atoms with van der Waals surface area (Å²) in [5.41, 5.74) is 0. The number of hydrogen-bond donors (Lipinski definition) is 7. The number of ether oxygens (including phenoxy) is 4. The standard InChI is InChI=1S/C14H24O12/c1-4(17)23-12-10(21)11(6(3-16)24-13(12)22)26-14-9(20)8(19)7(18)5(2-15)25-14/h5-16,18-22H,2-3H2,1H3/t5-,6-,7-,8+,9-,10+,11-,12-,13?,14-/m1/s1. The van der Waals surface area contributed by atoms with Gasteiger partial charge in [0.1, 0.15) is 42.7 Å². The van der Waals surface area contributed by atoms with Crippen molar-refractivity contribution in [1.82, 2.24) is 0 Å². The van der Waals surface area contributed by atoms with Crippen LogP contribution in [0.4, 0.5) is 0 Å². The molecule has 2 rings (SSSR count). The highest BCUT2D eigenvalue weighted by molar-refractivity contribution is 5.66. The average Bonchev–Trinajstić information content (AvgIpc) is 2.60. The Hall–Kier alpha value is -0.930. The molecule has 152 valence electrons. The summed E-state index contributed by atoms with van der Waals surface area (Å²) >= 11 is 0. The van der Waals surface area contributed by atoms with Crippen molar-refractivity contribution < 1.29 is 59.5 Å². The lowest BCUT2D eigenvalue weighted by atomic mass is 9.97. The monoisotopic (exact) mass is 384 g/mol. The van der Waals surface area contributed by atoms with E-state index in [1.54, 1.807) is 0 Å². The van der Waals surface area contributed by atoms with E-state index in [2.05, 4.69) is 0 Å². The van der Waals surface area contributed by atoms with Crippen molar-refractivity contribution in [3.05, 3.63) is 0 Å². The third-order valence-electron chi connectivity index (χ3n) is 4.26. The van der Waals surface area contributed by atoms with E-state index in [0.29, 0.717) is 0 Å². The molecule has 0 aromatic heterocycles. The van der Waals surface area contributed by atoms with Gasteiger partial charge in [-0.25, -0.2) is 0 Å². The second kappa shape index (κ2) is 8.84. The van der Waals surface area contributed by atoms with E-state index < -0.39 is 80.6 Å². The molecule has 2 heterocycles. The van der Waals surface area contributed by atoms with Gasteiger partial charge in [0.2, 0.25) is 0 Å². The maximum Gasteiger partial charge on any atom is 0.303 e. The van der Waals surface area contributed by atoms with Gasteiger partial charge in [-0.05, 0) is 0 Å². The number of carbonyl (C=O) groups excluding carboxylic acids is 1. The molecule has 0 amide bonds. The highest BCUT2D eigenvalue weighted by atomic mass is 16.7. The van der Waals surface area contributed by atoms with Crippen LogP contribution in [0.15, 0.2) is 0 Å². The van der Waals surface area contributed by atoms with Crippen molar-refractivity contribution in [3.63, 3.8) is 0 Å². The molecule has 26 heavy (non-hydrogen) atoms. The third kappa shape index (κ3) is 4.31. The van der Waals surface area contributed by atoms with Gasteiger partial charge < -0.3 is 54.7 Å². The molecule has 2 saturated heterocycles. The Balaban J connectivity index is 2.16. The lowest BCUT2D eigenvalue weighted by Gasteiger charge is -2.45. The van der Waals surface area contributed by atoms with Crippen molar-refractivity contribution in [2.45, 2.75) is 68.3 Å². The molecule has 0 spiro atoms. The lowest BCUT2D eigenvalue weighted by molar-refractivity contribution is -0.355. The van der Waals surface area contributed by atoms with Gasteiger partial charge in [-0.3, -0.25) is 4.79 Å². The molecule has 1 unspecified atom stereocenters. The smallest absolute Gasteiger partial charge is 0.303 e. The molecule has 0 aromatic rings. The normalized spacial score (nSPS) is 46.8. The number of rotatable bonds is 5. The Labute approximate surface area is 148 Å². The summed E-state index contributed by atoms with van der Waals surface area (Å²) in [6, 6.07) is 0. The van der Waals surface area contributed by atoms with Crippen LogP contribution in [0.25, 0.3) is 0 Å². The van der Waals surface area contributed by atoms with E-state index in [9.17, 15) is 40.5 Å². The van der Waals surface area contributed by atoms with Gasteiger partial charge in [0.05, 0.1) is 13.2 Å².